The Morgan fingerprint density at radius 3 is 1.32 bits per heavy atom. The van der Waals surface area contributed by atoms with Gasteiger partial charge in [-0.1, -0.05) is 82.3 Å². The first kappa shape index (κ1) is 46.0. The van der Waals surface area contributed by atoms with Crippen molar-refractivity contribution < 1.29 is 38.2 Å². The number of ether oxygens (including phenoxy) is 2. The molecule has 2 saturated heterocycles. The lowest BCUT2D eigenvalue weighted by molar-refractivity contribution is -0.138. The van der Waals surface area contributed by atoms with Crippen LogP contribution in [-0.4, -0.2) is 106 Å². The number of amides is 6. The average molecular weight is 885 g/mol. The summed E-state index contributed by atoms with van der Waals surface area (Å²) in [6, 6.07) is 23.2. The molecule has 4 N–H and O–H groups in total. The molecule has 0 saturated carbocycles. The Labute approximate surface area is 370 Å². The number of benzene rings is 4. The zero-order valence-electron chi connectivity index (χ0n) is 36.0. The number of nitrogens with zero attached hydrogens (tertiary/aromatic N) is 2. The van der Waals surface area contributed by atoms with Gasteiger partial charge in [0.05, 0.1) is 0 Å². The number of alkyl carbamates (subject to hydrolysis) is 2. The molecule has 4 atom stereocenters. The summed E-state index contributed by atoms with van der Waals surface area (Å²) in [7, 11) is 2.43. The standard InChI is InChI=1S/C46H56N6O8S2/c1-45(2,3)59-43(57)49-35(41(55)51-23-11-17-37(51)39(53)47-33-21-19-29-13-7-9-15-31(29)25-33)27-61-62-28-36(50-44(58)60-46(4,5)6)42(56)52-24-12-18-38(52)40(54)48-34-22-20-30-14-8-10-16-32(30)26-34/h7-10,13-16,19-22,25-26,35-38H,11-12,17-18,23-24,27-28H2,1-6H3,(H,47,53)(H,48,54)(H,49,57)(H,50,58)/t35?,36?,37-,38-/m1/s1. The molecular weight excluding hydrogens is 829 g/mol. The Bertz CT molecular complexity index is 2140. The lowest BCUT2D eigenvalue weighted by atomic mass is 10.1. The van der Waals surface area contributed by atoms with Crippen molar-refractivity contribution in [2.45, 2.75) is 103 Å². The van der Waals surface area contributed by atoms with Crippen molar-refractivity contribution in [2.24, 2.45) is 0 Å². The molecular formula is C46H56N6O8S2. The molecule has 6 rings (SSSR count). The van der Waals surface area contributed by atoms with Crippen LogP contribution in [0.2, 0.25) is 0 Å². The van der Waals surface area contributed by atoms with E-state index in [4.69, 9.17) is 9.47 Å². The fraction of sp³-hybridized carbons (Fsp3) is 0.435. The normalized spacial score (nSPS) is 17.6. The van der Waals surface area contributed by atoms with Gasteiger partial charge in [-0.2, -0.15) is 0 Å². The topological polar surface area (TPSA) is 175 Å². The molecule has 0 aliphatic carbocycles. The average Bonchev–Trinajstić information content (AvgIpc) is 3.91. The zero-order chi connectivity index (χ0) is 44.6. The van der Waals surface area contributed by atoms with Crippen molar-refractivity contribution in [3.63, 3.8) is 0 Å². The van der Waals surface area contributed by atoms with E-state index in [1.165, 1.54) is 31.4 Å². The molecule has 0 spiro atoms. The van der Waals surface area contributed by atoms with Crippen LogP contribution in [0.5, 0.6) is 0 Å². The number of nitrogens with one attached hydrogen (secondary N) is 4. The first-order valence-electron chi connectivity index (χ1n) is 20.9. The van der Waals surface area contributed by atoms with Crippen molar-refractivity contribution in [2.75, 3.05) is 35.2 Å². The maximum Gasteiger partial charge on any atom is 0.408 e. The summed E-state index contributed by atoms with van der Waals surface area (Å²) in [5.41, 5.74) is -0.455. The van der Waals surface area contributed by atoms with E-state index in [9.17, 15) is 28.8 Å². The van der Waals surface area contributed by atoms with Gasteiger partial charge < -0.3 is 40.5 Å². The minimum Gasteiger partial charge on any atom is -0.444 e. The Morgan fingerprint density at radius 2 is 0.952 bits per heavy atom. The summed E-state index contributed by atoms with van der Waals surface area (Å²) in [5.74, 6) is -1.46. The van der Waals surface area contributed by atoms with Gasteiger partial charge in [0.1, 0.15) is 35.4 Å². The molecule has 2 aliphatic heterocycles. The SMILES string of the molecule is CC(C)(C)OC(=O)NC(CSSCC(NC(=O)OC(C)(C)C)C(=O)N1CCC[C@@H]1C(=O)Nc1ccc2ccccc2c1)C(=O)N1CCC[C@@H]1C(=O)Nc1ccc2ccccc2c1. The van der Waals surface area contributed by atoms with Gasteiger partial charge in [0, 0.05) is 36.0 Å². The predicted octanol–water partition coefficient (Wildman–Crippen LogP) is 7.72. The van der Waals surface area contributed by atoms with Crippen LogP contribution in [0.15, 0.2) is 84.9 Å². The predicted molar refractivity (Wildman–Crippen MR) is 246 cm³/mol. The molecule has 14 nitrogen and oxygen atoms in total. The molecule has 2 aliphatic rings. The summed E-state index contributed by atoms with van der Waals surface area (Å²) >= 11 is 0. The van der Waals surface area contributed by atoms with E-state index < -0.39 is 59.4 Å². The fourth-order valence-corrected chi connectivity index (χ4v) is 9.78. The highest BCUT2D eigenvalue weighted by molar-refractivity contribution is 8.76. The Kier molecular flexibility index (Phi) is 15.0. The van der Waals surface area contributed by atoms with Gasteiger partial charge >= 0.3 is 12.2 Å². The van der Waals surface area contributed by atoms with Crippen LogP contribution < -0.4 is 21.3 Å². The van der Waals surface area contributed by atoms with E-state index in [0.29, 0.717) is 50.1 Å². The lowest BCUT2D eigenvalue weighted by Crippen LogP contribution is -2.54. The van der Waals surface area contributed by atoms with Gasteiger partial charge in [-0.3, -0.25) is 19.2 Å². The van der Waals surface area contributed by atoms with E-state index in [1.807, 2.05) is 84.9 Å². The van der Waals surface area contributed by atoms with E-state index >= 15 is 0 Å². The van der Waals surface area contributed by atoms with Crippen molar-refractivity contribution >= 4 is 90.3 Å². The summed E-state index contributed by atoms with van der Waals surface area (Å²) in [6.07, 6.45) is 0.508. The Balaban J connectivity index is 1.13. The Hall–Kier alpha value is -5.48. The molecule has 6 amide bonds. The molecule has 330 valence electrons. The summed E-state index contributed by atoms with van der Waals surface area (Å²) in [4.78, 5) is 85.0. The monoisotopic (exact) mass is 884 g/mol. The maximum atomic E-state index is 14.3. The van der Waals surface area contributed by atoms with E-state index in [1.54, 1.807) is 41.5 Å². The van der Waals surface area contributed by atoms with Crippen LogP contribution in [0.4, 0.5) is 21.0 Å². The molecule has 2 unspecified atom stereocenters. The molecule has 4 aromatic rings. The van der Waals surface area contributed by atoms with Gasteiger partial charge in [0.25, 0.3) is 0 Å². The molecule has 4 aromatic carbocycles. The lowest BCUT2D eigenvalue weighted by Gasteiger charge is -2.30. The maximum absolute atomic E-state index is 14.3. The third-order valence-electron chi connectivity index (χ3n) is 10.2. The number of anilines is 2. The second kappa shape index (κ2) is 20.1. The highest BCUT2D eigenvalue weighted by Crippen LogP contribution is 2.29. The summed E-state index contributed by atoms with van der Waals surface area (Å²) < 4.78 is 11.0. The molecule has 0 aromatic heterocycles. The van der Waals surface area contributed by atoms with Crippen molar-refractivity contribution in [1.82, 2.24) is 20.4 Å². The van der Waals surface area contributed by atoms with Gasteiger partial charge in [-0.05, 0) is 113 Å². The number of rotatable bonds is 13. The number of hydrogen-bond acceptors (Lipinski definition) is 10. The smallest absolute Gasteiger partial charge is 0.408 e. The highest BCUT2D eigenvalue weighted by atomic mass is 33.1. The minimum absolute atomic E-state index is 0.0477. The van der Waals surface area contributed by atoms with E-state index in [-0.39, 0.29) is 23.3 Å². The summed E-state index contributed by atoms with van der Waals surface area (Å²) in [5, 5.41) is 15.4. The van der Waals surface area contributed by atoms with Gasteiger partial charge in [-0.25, -0.2) is 9.59 Å². The number of carbonyl (C=O) groups excluding carboxylic acids is 6. The molecule has 0 bridgehead atoms. The number of hydrogen-bond donors (Lipinski definition) is 4. The second-order valence-electron chi connectivity index (χ2n) is 17.4. The third kappa shape index (κ3) is 12.6. The minimum atomic E-state index is -1.09. The van der Waals surface area contributed by atoms with Gasteiger partial charge in [0.15, 0.2) is 0 Å². The first-order valence-corrected chi connectivity index (χ1v) is 23.4. The van der Waals surface area contributed by atoms with E-state index in [0.717, 1.165) is 21.5 Å². The van der Waals surface area contributed by atoms with Gasteiger partial charge in [-0.15, -0.1) is 0 Å². The van der Waals surface area contributed by atoms with Crippen LogP contribution in [0, 0.1) is 0 Å². The molecule has 2 fully saturated rings. The summed E-state index contributed by atoms with van der Waals surface area (Å²) in [6.45, 7) is 10.9. The molecule has 2 heterocycles. The number of likely N-dealkylation sites (tertiary alicyclic amines) is 2. The quantitative estimate of drug-likeness (QED) is 0.0769. The highest BCUT2D eigenvalue weighted by Gasteiger charge is 2.40. The van der Waals surface area contributed by atoms with Crippen LogP contribution in [0.3, 0.4) is 0 Å². The van der Waals surface area contributed by atoms with Crippen LogP contribution in [0.1, 0.15) is 67.2 Å². The number of carbonyl (C=O) groups is 6. The van der Waals surface area contributed by atoms with Crippen molar-refractivity contribution in [1.29, 1.82) is 0 Å². The Morgan fingerprint density at radius 1 is 0.581 bits per heavy atom. The number of fused-ring (bicyclic) bond motifs is 2. The third-order valence-corrected chi connectivity index (χ3v) is 12.7. The molecule has 62 heavy (non-hydrogen) atoms. The van der Waals surface area contributed by atoms with Crippen LogP contribution in [0.25, 0.3) is 21.5 Å². The molecule has 0 radical (unpaired) electrons. The first-order chi connectivity index (χ1) is 29.4. The second-order valence-corrected chi connectivity index (χ2v) is 20.0. The largest absolute Gasteiger partial charge is 0.444 e. The van der Waals surface area contributed by atoms with Crippen LogP contribution in [-0.2, 0) is 28.7 Å². The molecule has 16 heteroatoms. The van der Waals surface area contributed by atoms with Crippen molar-refractivity contribution in [3.8, 4) is 0 Å². The zero-order valence-corrected chi connectivity index (χ0v) is 37.7. The van der Waals surface area contributed by atoms with Crippen LogP contribution >= 0.6 is 21.6 Å². The fourth-order valence-electron chi connectivity index (χ4n) is 7.47. The van der Waals surface area contributed by atoms with Gasteiger partial charge in [0.2, 0.25) is 23.6 Å². The van der Waals surface area contributed by atoms with E-state index in [2.05, 4.69) is 21.3 Å². The van der Waals surface area contributed by atoms with Crippen molar-refractivity contribution in [3.05, 3.63) is 84.9 Å².